The average molecular weight is 549 g/mol. The largest absolute Gasteiger partial charge is 0.384 e. The van der Waals surface area contributed by atoms with Gasteiger partial charge in [-0.25, -0.2) is 9.97 Å². The standard InChI is InChI=1S/C26H22Cl2N8S/c1-15-22(37-26(32-15)17-2-4-19(27)5-3-17)14-36-13-16(12-31-36)10-18-11-23(29)33-25(30)24(18)35-34-21-8-6-20(28)7-9-21/h2-9,11-13H,10,14H2,1H3,(H4,29,30,33)/b35-34+. The van der Waals surface area contributed by atoms with Crippen LogP contribution in [0, 0.1) is 6.92 Å². The highest BCUT2D eigenvalue weighted by molar-refractivity contribution is 7.15. The Morgan fingerprint density at radius 3 is 2.38 bits per heavy atom. The number of anilines is 2. The zero-order chi connectivity index (χ0) is 25.9. The van der Waals surface area contributed by atoms with Crippen LogP contribution in [0.25, 0.3) is 10.6 Å². The Morgan fingerprint density at radius 2 is 1.65 bits per heavy atom. The Hall–Kier alpha value is -3.79. The first-order chi connectivity index (χ1) is 17.8. The van der Waals surface area contributed by atoms with Gasteiger partial charge in [0.2, 0.25) is 0 Å². The maximum atomic E-state index is 6.15. The number of thiazole rings is 1. The van der Waals surface area contributed by atoms with Crippen LogP contribution < -0.4 is 11.5 Å². The maximum absolute atomic E-state index is 6.15. The average Bonchev–Trinajstić information content (AvgIpc) is 3.46. The molecule has 5 rings (SSSR count). The van der Waals surface area contributed by atoms with Crippen LogP contribution in [0.15, 0.2) is 77.2 Å². The zero-order valence-corrected chi connectivity index (χ0v) is 22.1. The summed E-state index contributed by atoms with van der Waals surface area (Å²) in [6, 6.07) is 16.5. The van der Waals surface area contributed by atoms with E-state index in [0.717, 1.165) is 32.3 Å². The van der Waals surface area contributed by atoms with E-state index in [2.05, 4.69) is 20.3 Å². The lowest BCUT2D eigenvalue weighted by Crippen LogP contribution is -2.01. The Bertz CT molecular complexity index is 1570. The van der Waals surface area contributed by atoms with Crippen molar-refractivity contribution < 1.29 is 0 Å². The summed E-state index contributed by atoms with van der Waals surface area (Å²) in [6.45, 7) is 2.62. The third-order valence-corrected chi connectivity index (χ3v) is 7.28. The van der Waals surface area contributed by atoms with Gasteiger partial charge in [0.25, 0.3) is 0 Å². The molecule has 11 heteroatoms. The predicted molar refractivity (Wildman–Crippen MR) is 150 cm³/mol. The van der Waals surface area contributed by atoms with Crippen molar-refractivity contribution in [3.63, 3.8) is 0 Å². The molecule has 0 aliphatic carbocycles. The Balaban J connectivity index is 1.35. The van der Waals surface area contributed by atoms with Crippen LogP contribution in [0.2, 0.25) is 10.0 Å². The first-order valence-corrected chi connectivity index (χ1v) is 12.9. The van der Waals surface area contributed by atoms with Crippen LogP contribution in [0.1, 0.15) is 21.7 Å². The molecule has 0 saturated carbocycles. The van der Waals surface area contributed by atoms with E-state index in [1.807, 2.05) is 48.3 Å². The first-order valence-electron chi connectivity index (χ1n) is 11.3. The maximum Gasteiger partial charge on any atom is 0.154 e. The fraction of sp³-hybridized carbons (Fsp3) is 0.115. The molecule has 0 radical (unpaired) electrons. The van der Waals surface area contributed by atoms with Crippen LogP contribution >= 0.6 is 34.5 Å². The molecule has 3 heterocycles. The van der Waals surface area contributed by atoms with E-state index < -0.39 is 0 Å². The molecule has 186 valence electrons. The third kappa shape index (κ3) is 5.96. The molecule has 0 saturated heterocycles. The molecule has 4 N–H and O–H groups in total. The molecule has 8 nitrogen and oxygen atoms in total. The van der Waals surface area contributed by atoms with Crippen LogP contribution in [0.4, 0.5) is 23.0 Å². The summed E-state index contributed by atoms with van der Waals surface area (Å²) in [5.74, 6) is 0.537. The summed E-state index contributed by atoms with van der Waals surface area (Å²) < 4.78 is 1.89. The Kier molecular flexibility index (Phi) is 7.18. The number of halogens is 2. The molecule has 0 unspecified atom stereocenters. The first kappa shape index (κ1) is 24.9. The van der Waals surface area contributed by atoms with Crippen molar-refractivity contribution in [1.29, 1.82) is 0 Å². The van der Waals surface area contributed by atoms with Gasteiger partial charge in [-0.1, -0.05) is 35.3 Å². The number of nitrogen functional groups attached to an aromatic ring is 2. The van der Waals surface area contributed by atoms with Crippen molar-refractivity contribution in [2.75, 3.05) is 11.5 Å². The number of pyridine rings is 1. The van der Waals surface area contributed by atoms with Crippen LogP contribution in [-0.4, -0.2) is 19.7 Å². The lowest BCUT2D eigenvalue weighted by atomic mass is 10.1. The molecule has 3 aromatic heterocycles. The van der Waals surface area contributed by atoms with Gasteiger partial charge in [0.15, 0.2) is 5.82 Å². The lowest BCUT2D eigenvalue weighted by molar-refractivity contribution is 0.690. The topological polar surface area (TPSA) is 120 Å². The number of nitrogens with zero attached hydrogens (tertiary/aromatic N) is 6. The Labute approximate surface area is 227 Å². The Morgan fingerprint density at radius 1 is 0.946 bits per heavy atom. The number of hydrogen-bond donors (Lipinski definition) is 2. The fourth-order valence-corrected chi connectivity index (χ4v) is 5.06. The van der Waals surface area contributed by atoms with Gasteiger partial charge in [-0.05, 0) is 60.5 Å². The zero-order valence-electron chi connectivity index (χ0n) is 19.8. The minimum atomic E-state index is 0.218. The van der Waals surface area contributed by atoms with Gasteiger partial charge in [-0.15, -0.1) is 16.5 Å². The van der Waals surface area contributed by atoms with Crippen LogP contribution in [0.5, 0.6) is 0 Å². The molecule has 0 aliphatic heterocycles. The summed E-state index contributed by atoms with van der Waals surface area (Å²) in [7, 11) is 0. The van der Waals surface area contributed by atoms with Crippen LogP contribution in [-0.2, 0) is 13.0 Å². The predicted octanol–water partition coefficient (Wildman–Crippen LogP) is 7.24. The van der Waals surface area contributed by atoms with Crippen molar-refractivity contribution in [1.82, 2.24) is 19.7 Å². The van der Waals surface area contributed by atoms with E-state index in [9.17, 15) is 0 Å². The molecule has 0 bridgehead atoms. The van der Waals surface area contributed by atoms with Gasteiger partial charge in [-0.3, -0.25) is 4.68 Å². The van der Waals surface area contributed by atoms with Gasteiger partial charge in [-0.2, -0.15) is 10.2 Å². The summed E-state index contributed by atoms with van der Waals surface area (Å²) >= 11 is 13.6. The summed E-state index contributed by atoms with van der Waals surface area (Å²) in [4.78, 5) is 10.0. The third-order valence-electron chi connectivity index (χ3n) is 5.58. The molecule has 0 spiro atoms. The summed E-state index contributed by atoms with van der Waals surface area (Å²) in [5.41, 5.74) is 17.1. The molecule has 5 aromatic rings. The molecular formula is C26H22Cl2N8S. The van der Waals surface area contributed by atoms with E-state index >= 15 is 0 Å². The molecule has 0 amide bonds. The number of nitrogens with two attached hydrogens (primary N) is 2. The summed E-state index contributed by atoms with van der Waals surface area (Å²) in [6.07, 6.45) is 4.33. The number of rotatable bonds is 7. The molecule has 37 heavy (non-hydrogen) atoms. The highest BCUT2D eigenvalue weighted by Gasteiger charge is 2.14. The van der Waals surface area contributed by atoms with E-state index in [4.69, 9.17) is 39.7 Å². The number of hydrogen-bond acceptors (Lipinski definition) is 8. The van der Waals surface area contributed by atoms with Gasteiger partial charge in [0.05, 0.1) is 24.1 Å². The second-order valence-corrected chi connectivity index (χ2v) is 10.3. The summed E-state index contributed by atoms with van der Waals surface area (Å²) in [5, 5.41) is 15.5. The second kappa shape index (κ2) is 10.7. The number of aromatic nitrogens is 4. The second-order valence-electron chi connectivity index (χ2n) is 8.37. The van der Waals surface area contributed by atoms with E-state index in [1.54, 1.807) is 41.7 Å². The fourth-order valence-electron chi connectivity index (χ4n) is 3.74. The van der Waals surface area contributed by atoms with Crippen molar-refractivity contribution in [2.45, 2.75) is 19.9 Å². The smallest absolute Gasteiger partial charge is 0.154 e. The van der Waals surface area contributed by atoms with Crippen LogP contribution in [0.3, 0.4) is 0 Å². The number of benzene rings is 2. The quantitative estimate of drug-likeness (QED) is 0.207. The van der Waals surface area contributed by atoms with Crippen molar-refractivity contribution in [3.05, 3.63) is 98.7 Å². The van der Waals surface area contributed by atoms with Crippen molar-refractivity contribution in [3.8, 4) is 10.6 Å². The van der Waals surface area contributed by atoms with Gasteiger partial charge in [0.1, 0.15) is 16.5 Å². The molecule has 0 atom stereocenters. The highest BCUT2D eigenvalue weighted by Crippen LogP contribution is 2.32. The van der Waals surface area contributed by atoms with Gasteiger partial charge >= 0.3 is 0 Å². The van der Waals surface area contributed by atoms with Gasteiger partial charge < -0.3 is 11.5 Å². The molecule has 0 fully saturated rings. The highest BCUT2D eigenvalue weighted by atomic mass is 35.5. The van der Waals surface area contributed by atoms with Crippen molar-refractivity contribution >= 4 is 57.5 Å². The lowest BCUT2D eigenvalue weighted by Gasteiger charge is -2.07. The van der Waals surface area contributed by atoms with Gasteiger partial charge in [0, 0.05) is 33.1 Å². The number of azo groups is 1. The van der Waals surface area contributed by atoms with E-state index in [-0.39, 0.29) is 5.82 Å². The minimum absolute atomic E-state index is 0.218. The molecule has 2 aromatic carbocycles. The van der Waals surface area contributed by atoms with E-state index in [1.165, 1.54) is 0 Å². The SMILES string of the molecule is Cc1nc(-c2ccc(Cl)cc2)sc1Cn1cc(Cc2cc(N)nc(N)c2/N=N/c2ccc(Cl)cc2)cn1. The van der Waals surface area contributed by atoms with E-state index in [0.29, 0.717) is 40.2 Å². The minimum Gasteiger partial charge on any atom is -0.384 e. The molecular weight excluding hydrogens is 527 g/mol. The number of aryl methyl sites for hydroxylation is 1. The van der Waals surface area contributed by atoms with Crippen molar-refractivity contribution in [2.24, 2.45) is 10.2 Å². The normalized spacial score (nSPS) is 11.4. The monoisotopic (exact) mass is 548 g/mol. The molecule has 0 aliphatic rings.